The van der Waals surface area contributed by atoms with Gasteiger partial charge in [-0.25, -0.2) is 0 Å². The molecular weight excluding hydrogens is 270 g/mol. The number of amides is 1. The zero-order valence-corrected chi connectivity index (χ0v) is 12.7. The Bertz CT molecular complexity index is 541. The molecule has 1 heterocycles. The summed E-state index contributed by atoms with van der Waals surface area (Å²) in [5.74, 6) is -0.327. The molecule has 1 fully saturated rings. The van der Waals surface area contributed by atoms with Gasteiger partial charge in [0.1, 0.15) is 0 Å². The van der Waals surface area contributed by atoms with Gasteiger partial charge < -0.3 is 14.4 Å². The number of aryl methyl sites for hydroxylation is 2. The first kappa shape index (κ1) is 15.5. The number of methoxy groups -OCH3 is 1. The van der Waals surface area contributed by atoms with Crippen LogP contribution in [0.3, 0.4) is 0 Å². The van der Waals surface area contributed by atoms with Crippen LogP contribution in [0, 0.1) is 13.8 Å². The van der Waals surface area contributed by atoms with Gasteiger partial charge in [-0.3, -0.25) is 9.59 Å². The molecule has 1 saturated heterocycles. The minimum Gasteiger partial charge on any atom is -0.469 e. The van der Waals surface area contributed by atoms with Crippen LogP contribution >= 0.6 is 0 Å². The van der Waals surface area contributed by atoms with Crippen LogP contribution in [0.2, 0.25) is 0 Å². The summed E-state index contributed by atoms with van der Waals surface area (Å²) >= 11 is 0. The maximum atomic E-state index is 12.6. The van der Waals surface area contributed by atoms with Gasteiger partial charge in [0.15, 0.2) is 0 Å². The van der Waals surface area contributed by atoms with E-state index in [1.807, 2.05) is 32.0 Å². The molecule has 0 aliphatic carbocycles. The quantitative estimate of drug-likeness (QED) is 0.796. The molecule has 0 aromatic heterocycles. The lowest BCUT2D eigenvalue weighted by atomic mass is 10.0. The second kappa shape index (κ2) is 6.72. The van der Waals surface area contributed by atoms with Crippen LogP contribution in [0.5, 0.6) is 0 Å². The summed E-state index contributed by atoms with van der Waals surface area (Å²) in [7, 11) is 1.35. The lowest BCUT2D eigenvalue weighted by Gasteiger charge is -2.32. The van der Waals surface area contributed by atoms with Gasteiger partial charge in [-0.15, -0.1) is 0 Å². The Balaban J connectivity index is 2.06. The SMILES string of the molecule is COC(=O)CC1CN(C(=O)c2ccc(C)cc2C)CCO1. The van der Waals surface area contributed by atoms with Crippen molar-refractivity contribution in [2.75, 3.05) is 26.8 Å². The lowest BCUT2D eigenvalue weighted by Crippen LogP contribution is -2.46. The van der Waals surface area contributed by atoms with Crippen LogP contribution in [0.1, 0.15) is 27.9 Å². The van der Waals surface area contributed by atoms with Gasteiger partial charge >= 0.3 is 5.97 Å². The second-order valence-electron chi connectivity index (χ2n) is 5.34. The number of nitrogens with zero attached hydrogens (tertiary/aromatic N) is 1. The molecule has 0 radical (unpaired) electrons. The van der Waals surface area contributed by atoms with Crippen LogP contribution in [-0.2, 0) is 14.3 Å². The number of carbonyl (C=O) groups is 2. The first-order chi connectivity index (χ1) is 10.0. The summed E-state index contributed by atoms with van der Waals surface area (Å²) in [6, 6.07) is 5.80. The third kappa shape index (κ3) is 3.82. The number of esters is 1. The van der Waals surface area contributed by atoms with Gasteiger partial charge in [0.2, 0.25) is 0 Å². The molecule has 5 nitrogen and oxygen atoms in total. The van der Waals surface area contributed by atoms with Gasteiger partial charge in [-0.1, -0.05) is 17.7 Å². The highest BCUT2D eigenvalue weighted by molar-refractivity contribution is 5.95. The maximum Gasteiger partial charge on any atom is 0.308 e. The summed E-state index contributed by atoms with van der Waals surface area (Å²) in [5, 5.41) is 0. The Hall–Kier alpha value is -1.88. The van der Waals surface area contributed by atoms with E-state index in [0.29, 0.717) is 25.3 Å². The van der Waals surface area contributed by atoms with Crippen molar-refractivity contribution >= 4 is 11.9 Å². The molecular formula is C16H21NO4. The van der Waals surface area contributed by atoms with E-state index in [1.165, 1.54) is 7.11 Å². The molecule has 0 saturated carbocycles. The van der Waals surface area contributed by atoms with E-state index in [0.717, 1.165) is 11.1 Å². The Morgan fingerprint density at radius 1 is 1.38 bits per heavy atom. The Morgan fingerprint density at radius 3 is 2.81 bits per heavy atom. The molecule has 5 heteroatoms. The van der Waals surface area contributed by atoms with Crippen LogP contribution in [0.4, 0.5) is 0 Å². The highest BCUT2D eigenvalue weighted by Crippen LogP contribution is 2.16. The van der Waals surface area contributed by atoms with Crippen molar-refractivity contribution in [1.82, 2.24) is 4.90 Å². The Kier molecular flexibility index (Phi) is 4.96. The molecule has 1 atom stereocenters. The highest BCUT2D eigenvalue weighted by Gasteiger charge is 2.27. The number of hydrogen-bond acceptors (Lipinski definition) is 4. The first-order valence-corrected chi connectivity index (χ1v) is 7.06. The van der Waals surface area contributed by atoms with Crippen LogP contribution in [0.15, 0.2) is 18.2 Å². The van der Waals surface area contributed by atoms with E-state index in [4.69, 9.17) is 4.74 Å². The van der Waals surface area contributed by atoms with E-state index in [2.05, 4.69) is 4.74 Å². The standard InChI is InChI=1S/C16H21NO4/c1-11-4-5-14(12(2)8-11)16(19)17-6-7-21-13(10-17)9-15(18)20-3/h4-5,8,13H,6-7,9-10H2,1-3H3. The number of benzene rings is 1. The van der Waals surface area contributed by atoms with Crippen molar-refractivity contribution < 1.29 is 19.1 Å². The maximum absolute atomic E-state index is 12.6. The predicted octanol–water partition coefficient (Wildman–Crippen LogP) is 1.71. The molecule has 0 spiro atoms. The van der Waals surface area contributed by atoms with Crippen molar-refractivity contribution in [2.24, 2.45) is 0 Å². The van der Waals surface area contributed by atoms with Gasteiger partial charge in [0.05, 0.1) is 26.2 Å². The van der Waals surface area contributed by atoms with Crippen molar-refractivity contribution in [3.05, 3.63) is 34.9 Å². The fourth-order valence-electron chi connectivity index (χ4n) is 2.52. The topological polar surface area (TPSA) is 55.8 Å². The molecule has 1 unspecified atom stereocenters. The average Bonchev–Trinajstić information content (AvgIpc) is 2.47. The predicted molar refractivity (Wildman–Crippen MR) is 78.2 cm³/mol. The van der Waals surface area contributed by atoms with Crippen molar-refractivity contribution in [2.45, 2.75) is 26.4 Å². The van der Waals surface area contributed by atoms with Gasteiger partial charge in [0.25, 0.3) is 5.91 Å². The summed E-state index contributed by atoms with van der Waals surface area (Å²) in [6.07, 6.45) is -0.117. The Labute approximate surface area is 124 Å². The molecule has 0 N–H and O–H groups in total. The minimum atomic E-state index is -0.319. The normalized spacial score (nSPS) is 18.4. The molecule has 114 valence electrons. The van der Waals surface area contributed by atoms with Gasteiger partial charge in [-0.2, -0.15) is 0 Å². The van der Waals surface area contributed by atoms with E-state index < -0.39 is 0 Å². The largest absolute Gasteiger partial charge is 0.469 e. The molecule has 0 bridgehead atoms. The molecule has 1 aromatic carbocycles. The lowest BCUT2D eigenvalue weighted by molar-refractivity contribution is -0.145. The molecule has 1 aliphatic heterocycles. The van der Waals surface area contributed by atoms with Gasteiger partial charge in [0, 0.05) is 18.7 Å². The zero-order valence-electron chi connectivity index (χ0n) is 12.7. The van der Waals surface area contributed by atoms with Crippen molar-refractivity contribution in [1.29, 1.82) is 0 Å². The fourth-order valence-corrected chi connectivity index (χ4v) is 2.52. The third-order valence-electron chi connectivity index (χ3n) is 3.66. The molecule has 1 amide bonds. The number of morpholine rings is 1. The number of carbonyl (C=O) groups excluding carboxylic acids is 2. The monoisotopic (exact) mass is 291 g/mol. The molecule has 1 aromatic rings. The van der Waals surface area contributed by atoms with E-state index in [1.54, 1.807) is 4.90 Å². The van der Waals surface area contributed by atoms with Crippen molar-refractivity contribution in [3.8, 4) is 0 Å². The highest BCUT2D eigenvalue weighted by atomic mass is 16.5. The van der Waals surface area contributed by atoms with Crippen LogP contribution in [0.25, 0.3) is 0 Å². The summed E-state index contributed by atoms with van der Waals surface area (Å²) in [4.78, 5) is 25.6. The van der Waals surface area contributed by atoms with Crippen LogP contribution in [-0.4, -0.2) is 49.7 Å². The van der Waals surface area contributed by atoms with E-state index in [9.17, 15) is 9.59 Å². The molecule has 2 rings (SSSR count). The molecule has 1 aliphatic rings. The fraction of sp³-hybridized carbons (Fsp3) is 0.500. The summed E-state index contributed by atoms with van der Waals surface area (Å²) in [6.45, 7) is 5.35. The number of hydrogen-bond donors (Lipinski definition) is 0. The third-order valence-corrected chi connectivity index (χ3v) is 3.66. The average molecular weight is 291 g/mol. The van der Waals surface area contributed by atoms with E-state index in [-0.39, 0.29) is 24.4 Å². The number of rotatable bonds is 3. The second-order valence-corrected chi connectivity index (χ2v) is 5.34. The van der Waals surface area contributed by atoms with Crippen molar-refractivity contribution in [3.63, 3.8) is 0 Å². The van der Waals surface area contributed by atoms with E-state index >= 15 is 0 Å². The smallest absolute Gasteiger partial charge is 0.308 e. The zero-order chi connectivity index (χ0) is 15.4. The van der Waals surface area contributed by atoms with Crippen LogP contribution < -0.4 is 0 Å². The first-order valence-electron chi connectivity index (χ1n) is 7.06. The number of ether oxygens (including phenoxy) is 2. The Morgan fingerprint density at radius 2 is 2.14 bits per heavy atom. The summed E-state index contributed by atoms with van der Waals surface area (Å²) in [5.41, 5.74) is 2.81. The summed E-state index contributed by atoms with van der Waals surface area (Å²) < 4.78 is 10.2. The van der Waals surface area contributed by atoms with Gasteiger partial charge in [-0.05, 0) is 25.5 Å². The minimum absolute atomic E-state index is 0.00864. The molecule has 21 heavy (non-hydrogen) atoms.